The Morgan fingerprint density at radius 1 is 1.33 bits per heavy atom. The predicted octanol–water partition coefficient (Wildman–Crippen LogP) is 1.59. The number of likely N-dealkylation sites (N-methyl/N-ethyl adjacent to an activating group) is 1. The molecule has 0 saturated carbocycles. The van der Waals surface area contributed by atoms with Crippen LogP contribution >= 0.6 is 11.3 Å². The Hall–Kier alpha value is -3.02. The van der Waals surface area contributed by atoms with Gasteiger partial charge in [0.1, 0.15) is 21.7 Å². The topological polar surface area (TPSA) is 105 Å². The number of fused-ring (bicyclic) bond motifs is 1. The highest BCUT2D eigenvalue weighted by Gasteiger charge is 2.42. The summed E-state index contributed by atoms with van der Waals surface area (Å²) >= 11 is 1.42. The number of amides is 1. The van der Waals surface area contributed by atoms with E-state index in [9.17, 15) is 9.90 Å². The average molecular weight is 379 g/mol. The molecule has 0 radical (unpaired) electrons. The number of aromatic nitrogens is 3. The zero-order valence-corrected chi connectivity index (χ0v) is 15.7. The highest BCUT2D eigenvalue weighted by atomic mass is 32.1. The largest absolute Gasteiger partial charge is 0.382 e. The number of nitrogens with zero attached hydrogens (tertiary/aromatic N) is 4. The number of benzene rings is 1. The Bertz CT molecular complexity index is 1130. The van der Waals surface area contributed by atoms with Crippen molar-refractivity contribution in [3.8, 4) is 22.4 Å². The van der Waals surface area contributed by atoms with Crippen LogP contribution in [0.2, 0.25) is 0 Å². The molecule has 0 bridgehead atoms. The number of hydrogen-bond donors (Lipinski definition) is 2. The van der Waals surface area contributed by atoms with Gasteiger partial charge in [-0.05, 0) is 30.7 Å². The van der Waals surface area contributed by atoms with Gasteiger partial charge in [-0.3, -0.25) is 4.79 Å². The van der Waals surface area contributed by atoms with Crippen LogP contribution in [0.4, 0.5) is 5.82 Å². The summed E-state index contributed by atoms with van der Waals surface area (Å²) in [6.45, 7) is 2.45. The molecule has 3 N–H and O–H groups in total. The lowest BCUT2D eigenvalue weighted by atomic mass is 10.0. The first-order chi connectivity index (χ1) is 12.9. The van der Waals surface area contributed by atoms with Gasteiger partial charge in [-0.15, -0.1) is 0 Å². The number of nitrogen functional groups attached to an aromatic ring is 1. The number of nitrogens with two attached hydrogens (primary N) is 1. The zero-order valence-electron chi connectivity index (χ0n) is 14.9. The van der Waals surface area contributed by atoms with E-state index in [1.807, 2.05) is 25.1 Å². The van der Waals surface area contributed by atoms with Gasteiger partial charge in [0.25, 0.3) is 5.91 Å². The number of aliphatic hydroxyl groups is 1. The van der Waals surface area contributed by atoms with Crippen molar-refractivity contribution in [2.45, 2.75) is 18.9 Å². The molecular formula is C19H17N5O2S. The van der Waals surface area contributed by atoms with Gasteiger partial charge in [0.05, 0.1) is 0 Å². The molecule has 1 aromatic carbocycles. The lowest BCUT2D eigenvalue weighted by Crippen LogP contribution is -2.37. The molecule has 136 valence electrons. The Morgan fingerprint density at radius 2 is 2.15 bits per heavy atom. The van der Waals surface area contributed by atoms with Crippen molar-refractivity contribution in [1.29, 1.82) is 0 Å². The monoisotopic (exact) mass is 379 g/mol. The molecule has 2 aromatic heterocycles. The van der Waals surface area contributed by atoms with E-state index in [1.165, 1.54) is 22.6 Å². The van der Waals surface area contributed by atoms with Crippen LogP contribution in [-0.4, -0.2) is 50.1 Å². The van der Waals surface area contributed by atoms with Crippen LogP contribution in [-0.2, 0) is 4.79 Å². The molecule has 4 rings (SSSR count). The minimum atomic E-state index is -1.61. The van der Waals surface area contributed by atoms with Crippen molar-refractivity contribution in [2.24, 2.45) is 0 Å². The first kappa shape index (κ1) is 17.4. The molecule has 0 spiro atoms. The van der Waals surface area contributed by atoms with Gasteiger partial charge in [0.15, 0.2) is 5.82 Å². The van der Waals surface area contributed by atoms with E-state index < -0.39 is 5.60 Å². The van der Waals surface area contributed by atoms with Crippen molar-refractivity contribution in [2.75, 3.05) is 19.3 Å². The van der Waals surface area contributed by atoms with E-state index in [1.54, 1.807) is 7.05 Å². The smallest absolute Gasteiger partial charge is 0.267 e. The molecule has 1 aliphatic rings. The highest BCUT2D eigenvalue weighted by Crippen LogP contribution is 2.31. The summed E-state index contributed by atoms with van der Waals surface area (Å²) < 4.78 is 0. The highest BCUT2D eigenvalue weighted by molar-refractivity contribution is 7.21. The summed E-state index contributed by atoms with van der Waals surface area (Å²) in [5.41, 5.74) is 7.43. The summed E-state index contributed by atoms with van der Waals surface area (Å²) in [7, 11) is 1.66. The maximum Gasteiger partial charge on any atom is 0.267 e. The SMILES string of the molecule is Cc1cc(C#C[C@]2(O)CCN(C)C2=O)cc(-c2nc3c(N)ncnc3s2)c1. The van der Waals surface area contributed by atoms with Crippen LogP contribution in [0, 0.1) is 18.8 Å². The van der Waals surface area contributed by atoms with E-state index in [-0.39, 0.29) is 5.91 Å². The Kier molecular flexibility index (Phi) is 4.06. The summed E-state index contributed by atoms with van der Waals surface area (Å²) in [6.07, 6.45) is 1.73. The van der Waals surface area contributed by atoms with Crippen molar-refractivity contribution in [3.05, 3.63) is 35.7 Å². The fourth-order valence-electron chi connectivity index (χ4n) is 3.02. The van der Waals surface area contributed by atoms with E-state index in [4.69, 9.17) is 5.73 Å². The van der Waals surface area contributed by atoms with E-state index in [0.29, 0.717) is 29.9 Å². The number of likely N-dealkylation sites (tertiary alicyclic amines) is 1. The third-order valence-corrected chi connectivity index (χ3v) is 5.48. The van der Waals surface area contributed by atoms with Crippen molar-refractivity contribution < 1.29 is 9.90 Å². The van der Waals surface area contributed by atoms with Crippen molar-refractivity contribution in [3.63, 3.8) is 0 Å². The summed E-state index contributed by atoms with van der Waals surface area (Å²) in [6, 6.07) is 5.79. The van der Waals surface area contributed by atoms with Gasteiger partial charge in [-0.1, -0.05) is 23.2 Å². The molecule has 0 unspecified atom stereocenters. The fourth-order valence-corrected chi connectivity index (χ4v) is 3.92. The quantitative estimate of drug-likeness (QED) is 0.622. The molecule has 1 atom stereocenters. The Labute approximate surface area is 159 Å². The van der Waals surface area contributed by atoms with Crippen LogP contribution in [0.3, 0.4) is 0 Å². The summed E-state index contributed by atoms with van der Waals surface area (Å²) in [5.74, 6) is 5.69. The third-order valence-electron chi connectivity index (χ3n) is 4.47. The summed E-state index contributed by atoms with van der Waals surface area (Å²) in [4.78, 5) is 27.0. The second kappa shape index (κ2) is 6.30. The van der Waals surface area contributed by atoms with Crippen LogP contribution in [0.15, 0.2) is 24.5 Å². The maximum atomic E-state index is 12.1. The van der Waals surface area contributed by atoms with Crippen molar-refractivity contribution >= 4 is 33.4 Å². The first-order valence-electron chi connectivity index (χ1n) is 8.36. The standard InChI is InChI=1S/C19H17N5O2S/c1-11-7-12(3-4-19(26)5-6-24(2)18(19)25)9-13(8-11)16-23-14-15(20)21-10-22-17(14)27-16/h7-10,26H,5-6H2,1-2H3,(H2,20,21,22)/t19-/m0/s1. The molecule has 8 heteroatoms. The average Bonchev–Trinajstić information content (AvgIpc) is 3.19. The maximum absolute atomic E-state index is 12.1. The number of thiazole rings is 1. The molecule has 1 aliphatic heterocycles. The minimum absolute atomic E-state index is 0.309. The van der Waals surface area contributed by atoms with Crippen molar-refractivity contribution in [1.82, 2.24) is 19.9 Å². The molecule has 0 aliphatic carbocycles. The fraction of sp³-hybridized carbons (Fsp3) is 0.263. The zero-order chi connectivity index (χ0) is 19.2. The molecule has 3 heterocycles. The third kappa shape index (κ3) is 3.12. The number of carbonyl (C=O) groups excluding carboxylic acids is 1. The normalized spacial score (nSPS) is 19.4. The lowest BCUT2D eigenvalue weighted by molar-refractivity contribution is -0.137. The summed E-state index contributed by atoms with van der Waals surface area (Å²) in [5, 5.41) is 11.2. The number of rotatable bonds is 1. The number of aryl methyl sites for hydroxylation is 1. The van der Waals surface area contributed by atoms with Gasteiger partial charge in [-0.2, -0.15) is 0 Å². The Morgan fingerprint density at radius 3 is 2.85 bits per heavy atom. The predicted molar refractivity (Wildman–Crippen MR) is 104 cm³/mol. The van der Waals surface area contributed by atoms with Gasteiger partial charge >= 0.3 is 0 Å². The molecule has 1 fully saturated rings. The first-order valence-corrected chi connectivity index (χ1v) is 9.17. The van der Waals surface area contributed by atoms with E-state index in [2.05, 4.69) is 26.8 Å². The van der Waals surface area contributed by atoms with Crippen LogP contribution in [0.1, 0.15) is 17.5 Å². The van der Waals surface area contributed by atoms with Crippen LogP contribution < -0.4 is 5.73 Å². The number of carbonyl (C=O) groups is 1. The second-order valence-corrected chi connectivity index (χ2v) is 7.58. The Balaban J connectivity index is 1.73. The molecular weight excluding hydrogens is 362 g/mol. The molecule has 1 saturated heterocycles. The van der Waals surface area contributed by atoms with E-state index in [0.717, 1.165) is 21.0 Å². The van der Waals surface area contributed by atoms with E-state index >= 15 is 0 Å². The second-order valence-electron chi connectivity index (χ2n) is 6.61. The lowest BCUT2D eigenvalue weighted by Gasteiger charge is -2.13. The van der Waals surface area contributed by atoms with Gasteiger partial charge < -0.3 is 15.7 Å². The van der Waals surface area contributed by atoms with Gasteiger partial charge in [0, 0.05) is 31.1 Å². The molecule has 7 nitrogen and oxygen atoms in total. The number of anilines is 1. The van der Waals surface area contributed by atoms with Crippen LogP contribution in [0.5, 0.6) is 0 Å². The minimum Gasteiger partial charge on any atom is -0.382 e. The van der Waals surface area contributed by atoms with Gasteiger partial charge in [-0.25, -0.2) is 15.0 Å². The van der Waals surface area contributed by atoms with Crippen LogP contribution in [0.25, 0.3) is 20.9 Å². The number of hydrogen-bond acceptors (Lipinski definition) is 7. The van der Waals surface area contributed by atoms with Gasteiger partial charge in [0.2, 0.25) is 5.60 Å². The molecule has 3 aromatic rings. The molecule has 27 heavy (non-hydrogen) atoms. The molecule has 1 amide bonds.